The van der Waals surface area contributed by atoms with Crippen molar-refractivity contribution in [2.75, 3.05) is 6.61 Å². The van der Waals surface area contributed by atoms with Crippen molar-refractivity contribution in [1.29, 1.82) is 0 Å². The van der Waals surface area contributed by atoms with Gasteiger partial charge in [-0.25, -0.2) is 0 Å². The van der Waals surface area contributed by atoms with E-state index in [1.54, 1.807) is 6.07 Å². The van der Waals surface area contributed by atoms with Gasteiger partial charge >= 0.3 is 9.05 Å². The standard InChI is InChI=1S/C18H22Br3Cl7O5Si/c19-17(20,9-32-34(29,30)31)18(21,28)33-13-5-1-10(2-6-14(22)23)11(3-7-15(24)25)12(13)4-8-16(26)27/h1,5,14-16,29-31H,2-4,6-9H2. The van der Waals surface area contributed by atoms with Gasteiger partial charge in [-0.3, -0.25) is 0 Å². The Morgan fingerprint density at radius 2 is 1.26 bits per heavy atom. The fourth-order valence-electron chi connectivity index (χ4n) is 2.89. The monoisotopic (exact) mass is 828 g/mol. The molecular weight excluding hydrogens is 812 g/mol. The van der Waals surface area contributed by atoms with Crippen LogP contribution in [0.15, 0.2) is 12.1 Å². The predicted molar refractivity (Wildman–Crippen MR) is 155 cm³/mol. The lowest BCUT2D eigenvalue weighted by Gasteiger charge is -2.35. The van der Waals surface area contributed by atoms with E-state index in [4.69, 9.17) is 90.4 Å². The van der Waals surface area contributed by atoms with Gasteiger partial charge in [0.25, 0.3) is 3.97 Å². The number of rotatable bonds is 15. The van der Waals surface area contributed by atoms with Gasteiger partial charge in [0, 0.05) is 0 Å². The quantitative estimate of drug-likeness (QED) is 0.126. The third-order valence-electron chi connectivity index (χ3n) is 4.45. The van der Waals surface area contributed by atoms with E-state index in [0.29, 0.717) is 44.3 Å². The molecule has 3 N–H and O–H groups in total. The van der Waals surface area contributed by atoms with Crippen molar-refractivity contribution in [1.82, 2.24) is 0 Å². The fourth-order valence-corrected chi connectivity index (χ4v) is 5.20. The molecule has 1 unspecified atom stereocenters. The van der Waals surface area contributed by atoms with Crippen molar-refractivity contribution in [2.24, 2.45) is 0 Å². The highest BCUT2D eigenvalue weighted by Gasteiger charge is 2.51. The molecule has 0 spiro atoms. The van der Waals surface area contributed by atoms with Crippen LogP contribution in [0.2, 0.25) is 0 Å². The first-order valence-corrected chi connectivity index (χ1v) is 16.8. The highest BCUT2D eigenvalue weighted by molar-refractivity contribution is 9.26. The maximum absolute atomic E-state index is 9.18. The topological polar surface area (TPSA) is 79.2 Å². The molecule has 0 radical (unpaired) electrons. The Morgan fingerprint density at radius 3 is 1.74 bits per heavy atom. The zero-order valence-electron chi connectivity index (χ0n) is 17.3. The number of alkyl halides is 10. The molecule has 1 atom stereocenters. The second-order valence-corrected chi connectivity index (χ2v) is 18.3. The molecule has 0 bridgehead atoms. The van der Waals surface area contributed by atoms with Crippen LogP contribution in [-0.2, 0) is 23.7 Å². The number of hydrogen-bond donors (Lipinski definition) is 3. The van der Waals surface area contributed by atoms with Gasteiger partial charge < -0.3 is 23.5 Å². The Morgan fingerprint density at radius 1 is 0.794 bits per heavy atom. The maximum Gasteiger partial charge on any atom is 0.671 e. The van der Waals surface area contributed by atoms with Crippen LogP contribution in [0.1, 0.15) is 36.0 Å². The SMILES string of the molecule is O[Si](O)(O)OCC(Br)(Br)C(Cl)(Br)Oc1ccc(CCC(Cl)Cl)c(CCC(Cl)Cl)c1CCC(Cl)Cl. The average Bonchev–Trinajstić information content (AvgIpc) is 2.67. The van der Waals surface area contributed by atoms with E-state index in [1.807, 2.05) is 6.07 Å². The Labute approximate surface area is 260 Å². The van der Waals surface area contributed by atoms with Crippen molar-refractivity contribution in [2.45, 2.75) is 60.2 Å². The number of hydrogen-bond acceptors (Lipinski definition) is 5. The van der Waals surface area contributed by atoms with E-state index in [1.165, 1.54) is 0 Å². The summed E-state index contributed by atoms with van der Waals surface area (Å²) in [5.74, 6) is 0.400. The summed E-state index contributed by atoms with van der Waals surface area (Å²) in [5.41, 5.74) is 2.71. The van der Waals surface area contributed by atoms with Gasteiger partial charge in [-0.15, -0.1) is 69.6 Å². The van der Waals surface area contributed by atoms with E-state index >= 15 is 0 Å². The minimum atomic E-state index is -4.80. The summed E-state index contributed by atoms with van der Waals surface area (Å²) in [6.45, 7) is -0.476. The van der Waals surface area contributed by atoms with Gasteiger partial charge in [0.1, 0.15) is 20.3 Å². The molecule has 1 aromatic carbocycles. The van der Waals surface area contributed by atoms with Crippen LogP contribution >= 0.6 is 129 Å². The zero-order chi connectivity index (χ0) is 26.3. The molecule has 198 valence electrons. The van der Waals surface area contributed by atoms with Crippen LogP contribution in [0.25, 0.3) is 0 Å². The summed E-state index contributed by atoms with van der Waals surface area (Å²) in [6, 6.07) is 3.61. The first kappa shape index (κ1) is 34.6. The molecule has 0 saturated carbocycles. The van der Waals surface area contributed by atoms with Crippen molar-refractivity contribution >= 4 is 138 Å². The van der Waals surface area contributed by atoms with E-state index in [-0.39, 0.29) is 0 Å². The van der Waals surface area contributed by atoms with Gasteiger partial charge in [0.05, 0.1) is 6.61 Å². The van der Waals surface area contributed by atoms with Gasteiger partial charge in [-0.2, -0.15) is 0 Å². The largest absolute Gasteiger partial charge is 0.671 e. The minimum absolute atomic E-state index is 0.400. The van der Waals surface area contributed by atoms with Crippen LogP contribution in [0.5, 0.6) is 5.75 Å². The third kappa shape index (κ3) is 12.6. The van der Waals surface area contributed by atoms with Crippen molar-refractivity contribution < 1.29 is 23.5 Å². The van der Waals surface area contributed by atoms with Crippen LogP contribution in [0.4, 0.5) is 0 Å². The normalized spacial score (nSPS) is 14.8. The van der Waals surface area contributed by atoms with Gasteiger partial charge in [-0.1, -0.05) is 49.5 Å². The van der Waals surface area contributed by atoms with E-state index in [0.717, 1.165) is 16.7 Å². The van der Waals surface area contributed by atoms with E-state index < -0.39 is 37.4 Å². The average molecular weight is 834 g/mol. The summed E-state index contributed by atoms with van der Waals surface area (Å²) in [7, 11) is -4.80. The van der Waals surface area contributed by atoms with Crippen LogP contribution in [0.3, 0.4) is 0 Å². The molecule has 0 aliphatic carbocycles. The molecule has 1 aromatic rings. The maximum atomic E-state index is 9.18. The Balaban J connectivity index is 3.42. The highest BCUT2D eigenvalue weighted by atomic mass is 79.9. The fraction of sp³-hybridized carbons (Fsp3) is 0.667. The number of benzene rings is 1. The summed E-state index contributed by atoms with van der Waals surface area (Å²) in [4.78, 5) is 25.8. The molecule has 0 aliphatic rings. The predicted octanol–water partition coefficient (Wildman–Crippen LogP) is 7.48. The molecule has 16 heteroatoms. The molecule has 0 aliphatic heterocycles. The molecule has 0 fully saturated rings. The molecular formula is C18H22Br3Cl7O5Si. The molecule has 0 saturated heterocycles. The number of aryl methyl sites for hydroxylation is 1. The lowest BCUT2D eigenvalue weighted by molar-refractivity contribution is 0.0547. The van der Waals surface area contributed by atoms with Gasteiger partial charge in [-0.05, 0) is 77.2 Å². The third-order valence-corrected chi connectivity index (χ3v) is 10.6. The zero-order valence-corrected chi connectivity index (χ0v) is 28.3. The first-order chi connectivity index (χ1) is 15.4. The number of halogens is 10. The molecule has 1 rings (SSSR count). The molecule has 0 aromatic heterocycles. The Hall–Kier alpha value is 2.55. The lowest BCUT2D eigenvalue weighted by atomic mass is 9.91. The number of ether oxygens (including phenoxy) is 1. The molecule has 5 nitrogen and oxygen atoms in total. The Kier molecular flexibility index (Phi) is 15.6. The summed E-state index contributed by atoms with van der Waals surface area (Å²) in [6.07, 6.45) is 3.03. The van der Waals surface area contributed by atoms with E-state index in [9.17, 15) is 14.4 Å². The summed E-state index contributed by atoms with van der Waals surface area (Å²) >= 11 is 52.4. The summed E-state index contributed by atoms with van der Waals surface area (Å²) < 4.78 is 7.70. The lowest BCUT2D eigenvalue weighted by Crippen LogP contribution is -2.49. The first-order valence-electron chi connectivity index (χ1n) is 9.69. The molecule has 0 amide bonds. The summed E-state index contributed by atoms with van der Waals surface area (Å²) in [5, 5.41) is 0. The van der Waals surface area contributed by atoms with Crippen molar-refractivity contribution in [3.8, 4) is 5.75 Å². The Bertz CT molecular complexity index is 783. The van der Waals surface area contributed by atoms with Crippen LogP contribution < -0.4 is 4.74 Å². The van der Waals surface area contributed by atoms with E-state index in [2.05, 4.69) is 47.8 Å². The van der Waals surface area contributed by atoms with Crippen LogP contribution in [0, 0.1) is 0 Å². The van der Waals surface area contributed by atoms with Crippen molar-refractivity contribution in [3.05, 3.63) is 28.8 Å². The minimum Gasteiger partial charge on any atom is -0.459 e. The second-order valence-electron chi connectivity index (χ2n) is 7.16. The molecule has 0 heterocycles. The second kappa shape index (κ2) is 15.4. The van der Waals surface area contributed by atoms with Gasteiger partial charge in [0.2, 0.25) is 0 Å². The molecule has 34 heavy (non-hydrogen) atoms. The van der Waals surface area contributed by atoms with Crippen molar-refractivity contribution in [3.63, 3.8) is 0 Å². The smallest absolute Gasteiger partial charge is 0.459 e. The highest BCUT2D eigenvalue weighted by Crippen LogP contribution is 2.49. The van der Waals surface area contributed by atoms with Crippen LogP contribution in [-0.4, -0.2) is 51.8 Å². The van der Waals surface area contributed by atoms with Gasteiger partial charge in [0.15, 0.2) is 3.23 Å².